The normalized spacial score (nSPS) is 15.1. The lowest BCUT2D eigenvalue weighted by atomic mass is 10.1. The van der Waals surface area contributed by atoms with E-state index in [4.69, 9.17) is 16.3 Å². The Labute approximate surface area is 249 Å². The maximum atomic E-state index is 13.0. The van der Waals surface area contributed by atoms with Gasteiger partial charge in [-0.1, -0.05) is 53.7 Å². The van der Waals surface area contributed by atoms with Gasteiger partial charge in [-0.05, 0) is 61.9 Å². The number of carbonyl (C=O) groups is 2. The summed E-state index contributed by atoms with van der Waals surface area (Å²) in [6.45, 7) is 3.56. The van der Waals surface area contributed by atoms with Gasteiger partial charge >= 0.3 is 0 Å². The number of carbonyl (C=O) groups excluding carboxylic acids is 2. The molecule has 2 heterocycles. The molecule has 1 saturated heterocycles. The topological polar surface area (TPSA) is 80.6 Å². The van der Waals surface area contributed by atoms with E-state index in [0.717, 1.165) is 16.4 Å². The van der Waals surface area contributed by atoms with Crippen molar-refractivity contribution in [3.05, 3.63) is 89.4 Å². The maximum absolute atomic E-state index is 13.0. The maximum Gasteiger partial charge on any atom is 0.254 e. The van der Waals surface area contributed by atoms with Crippen molar-refractivity contribution in [3.8, 4) is 22.8 Å². The van der Waals surface area contributed by atoms with E-state index >= 15 is 0 Å². The van der Waals surface area contributed by atoms with Crippen LogP contribution in [0.1, 0.15) is 30.1 Å². The SMILES string of the molecule is COc1ccc(C(=O)N2CCN(C(=O)CCCSc3nnc(-c4ccccc4Cl)n3-c3ccccc3)CC2C)cc1. The van der Waals surface area contributed by atoms with E-state index in [1.807, 2.05) is 75.9 Å². The van der Waals surface area contributed by atoms with E-state index in [0.29, 0.717) is 60.4 Å². The second-order valence-electron chi connectivity index (χ2n) is 9.82. The number of para-hydroxylation sites is 1. The van der Waals surface area contributed by atoms with E-state index in [-0.39, 0.29) is 17.9 Å². The number of rotatable bonds is 9. The lowest BCUT2D eigenvalue weighted by molar-refractivity contribution is -0.133. The van der Waals surface area contributed by atoms with Crippen LogP contribution in [0.25, 0.3) is 17.1 Å². The Morgan fingerprint density at radius 2 is 1.71 bits per heavy atom. The number of hydrogen-bond donors (Lipinski definition) is 0. The first-order valence-corrected chi connectivity index (χ1v) is 14.9. The van der Waals surface area contributed by atoms with Gasteiger partial charge in [-0.2, -0.15) is 0 Å². The van der Waals surface area contributed by atoms with Crippen molar-refractivity contribution in [2.24, 2.45) is 0 Å². The molecule has 41 heavy (non-hydrogen) atoms. The highest BCUT2D eigenvalue weighted by molar-refractivity contribution is 7.99. The number of nitrogens with zero attached hydrogens (tertiary/aromatic N) is 5. The molecule has 2 amide bonds. The molecule has 1 aromatic heterocycles. The summed E-state index contributed by atoms with van der Waals surface area (Å²) < 4.78 is 7.20. The summed E-state index contributed by atoms with van der Waals surface area (Å²) in [6, 6.07) is 24.6. The fourth-order valence-corrected chi connectivity index (χ4v) is 6.03. The Morgan fingerprint density at radius 3 is 2.41 bits per heavy atom. The summed E-state index contributed by atoms with van der Waals surface area (Å²) in [5, 5.41) is 10.3. The van der Waals surface area contributed by atoms with Crippen molar-refractivity contribution < 1.29 is 14.3 Å². The molecule has 1 atom stereocenters. The first kappa shape index (κ1) is 28.7. The molecule has 5 rings (SSSR count). The van der Waals surface area contributed by atoms with E-state index in [2.05, 4.69) is 10.2 Å². The molecule has 0 radical (unpaired) electrons. The van der Waals surface area contributed by atoms with Crippen LogP contribution in [0.15, 0.2) is 84.0 Å². The van der Waals surface area contributed by atoms with Gasteiger partial charge in [0.15, 0.2) is 11.0 Å². The zero-order chi connectivity index (χ0) is 28.8. The highest BCUT2D eigenvalue weighted by Gasteiger charge is 2.30. The van der Waals surface area contributed by atoms with Gasteiger partial charge in [0.2, 0.25) is 5.91 Å². The van der Waals surface area contributed by atoms with Crippen LogP contribution in [0.2, 0.25) is 5.02 Å². The highest BCUT2D eigenvalue weighted by atomic mass is 35.5. The molecule has 1 aliphatic rings. The Hall–Kier alpha value is -3.82. The Bertz CT molecular complexity index is 1500. The zero-order valence-electron chi connectivity index (χ0n) is 23.1. The number of hydrogen-bond acceptors (Lipinski definition) is 6. The van der Waals surface area contributed by atoms with Gasteiger partial charge in [0.25, 0.3) is 5.91 Å². The third-order valence-electron chi connectivity index (χ3n) is 7.11. The molecule has 0 saturated carbocycles. The van der Waals surface area contributed by atoms with E-state index in [9.17, 15) is 9.59 Å². The standard InChI is InChI=1S/C31H32ClN5O3S/c1-22-21-35(18-19-36(22)30(39)23-14-16-25(40-2)17-15-23)28(38)13-8-20-41-31-34-33-29(26-11-6-7-12-27(26)32)37(31)24-9-4-3-5-10-24/h3-7,9-12,14-17,22H,8,13,18-21H2,1-2H3. The van der Waals surface area contributed by atoms with Crippen molar-refractivity contribution in [2.45, 2.75) is 31.0 Å². The van der Waals surface area contributed by atoms with Crippen molar-refractivity contribution in [1.82, 2.24) is 24.6 Å². The van der Waals surface area contributed by atoms with E-state index < -0.39 is 0 Å². The third-order valence-corrected chi connectivity index (χ3v) is 8.45. The lowest BCUT2D eigenvalue weighted by Crippen LogP contribution is -2.55. The predicted molar refractivity (Wildman–Crippen MR) is 162 cm³/mol. The summed E-state index contributed by atoms with van der Waals surface area (Å²) >= 11 is 8.06. The largest absolute Gasteiger partial charge is 0.497 e. The van der Waals surface area contributed by atoms with E-state index in [1.54, 1.807) is 43.1 Å². The molecule has 1 aliphatic heterocycles. The van der Waals surface area contributed by atoms with Crippen LogP contribution in [-0.4, -0.2) is 74.9 Å². The predicted octanol–water partition coefficient (Wildman–Crippen LogP) is 5.84. The van der Waals surface area contributed by atoms with Crippen LogP contribution in [-0.2, 0) is 4.79 Å². The van der Waals surface area contributed by atoms with Crippen LogP contribution in [0.3, 0.4) is 0 Å². The monoisotopic (exact) mass is 589 g/mol. The smallest absolute Gasteiger partial charge is 0.254 e. The van der Waals surface area contributed by atoms with Crippen LogP contribution in [0.4, 0.5) is 0 Å². The fraction of sp³-hybridized carbons (Fsp3) is 0.290. The Morgan fingerprint density at radius 1 is 0.976 bits per heavy atom. The molecule has 8 nitrogen and oxygen atoms in total. The number of piperazine rings is 1. The molecular weight excluding hydrogens is 558 g/mol. The average molecular weight is 590 g/mol. The third kappa shape index (κ3) is 6.57. The van der Waals surface area contributed by atoms with Gasteiger partial charge in [0.1, 0.15) is 5.75 Å². The first-order valence-electron chi connectivity index (χ1n) is 13.6. The number of amides is 2. The number of halogens is 1. The summed E-state index contributed by atoms with van der Waals surface area (Å²) in [5.74, 6) is 2.18. The molecule has 3 aromatic carbocycles. The summed E-state index contributed by atoms with van der Waals surface area (Å²) in [5.41, 5.74) is 2.38. The van der Waals surface area contributed by atoms with Crippen molar-refractivity contribution >= 4 is 35.2 Å². The van der Waals surface area contributed by atoms with Gasteiger partial charge in [-0.15, -0.1) is 10.2 Å². The highest BCUT2D eigenvalue weighted by Crippen LogP contribution is 2.32. The molecule has 1 unspecified atom stereocenters. The van der Waals surface area contributed by atoms with E-state index in [1.165, 1.54) is 0 Å². The van der Waals surface area contributed by atoms with Gasteiger partial charge in [0.05, 0.1) is 12.1 Å². The van der Waals surface area contributed by atoms with Crippen molar-refractivity contribution in [3.63, 3.8) is 0 Å². The van der Waals surface area contributed by atoms with Gasteiger partial charge < -0.3 is 14.5 Å². The van der Waals surface area contributed by atoms with Gasteiger partial charge in [-0.25, -0.2) is 0 Å². The fourth-order valence-electron chi connectivity index (χ4n) is 4.92. The number of benzene rings is 3. The Balaban J connectivity index is 1.17. The number of ether oxygens (including phenoxy) is 1. The molecule has 0 spiro atoms. The summed E-state index contributed by atoms with van der Waals surface area (Å²) in [4.78, 5) is 29.8. The second-order valence-corrected chi connectivity index (χ2v) is 11.3. The van der Waals surface area contributed by atoms with Crippen LogP contribution in [0.5, 0.6) is 5.75 Å². The van der Waals surface area contributed by atoms with Crippen LogP contribution >= 0.6 is 23.4 Å². The first-order chi connectivity index (χ1) is 20.0. The second kappa shape index (κ2) is 13.2. The zero-order valence-corrected chi connectivity index (χ0v) is 24.6. The molecule has 0 bridgehead atoms. The molecular formula is C31H32ClN5O3S. The summed E-state index contributed by atoms with van der Waals surface area (Å²) in [7, 11) is 1.60. The van der Waals surface area contributed by atoms with Crippen molar-refractivity contribution in [1.29, 1.82) is 0 Å². The molecule has 0 aliphatic carbocycles. The molecule has 0 N–H and O–H groups in total. The molecule has 4 aromatic rings. The molecule has 212 valence electrons. The number of aromatic nitrogens is 3. The van der Waals surface area contributed by atoms with Crippen LogP contribution < -0.4 is 4.74 Å². The number of methoxy groups -OCH3 is 1. The van der Waals surface area contributed by atoms with Crippen LogP contribution in [0, 0.1) is 0 Å². The average Bonchev–Trinajstić information content (AvgIpc) is 3.43. The summed E-state index contributed by atoms with van der Waals surface area (Å²) in [6.07, 6.45) is 1.13. The van der Waals surface area contributed by atoms with Gasteiger partial charge in [-0.3, -0.25) is 14.2 Å². The lowest BCUT2D eigenvalue weighted by Gasteiger charge is -2.40. The van der Waals surface area contributed by atoms with Crippen molar-refractivity contribution in [2.75, 3.05) is 32.5 Å². The minimum atomic E-state index is -0.0654. The number of thioether (sulfide) groups is 1. The molecule has 10 heteroatoms. The molecule has 1 fully saturated rings. The Kier molecular flexibility index (Phi) is 9.26. The quantitative estimate of drug-likeness (QED) is 0.180. The minimum absolute atomic E-state index is 0.0256. The minimum Gasteiger partial charge on any atom is -0.497 e. The van der Waals surface area contributed by atoms with Gasteiger partial charge in [0, 0.05) is 54.7 Å².